The van der Waals surface area contributed by atoms with Gasteiger partial charge in [-0.15, -0.1) is 0 Å². The highest BCUT2D eigenvalue weighted by Gasteiger charge is 2.19. The average molecular weight is 425 g/mol. The molecule has 0 saturated heterocycles. The van der Waals surface area contributed by atoms with Crippen molar-refractivity contribution in [3.8, 4) is 0 Å². The van der Waals surface area contributed by atoms with Crippen molar-refractivity contribution in [2.24, 2.45) is 0 Å². The fourth-order valence-electron chi connectivity index (χ4n) is 4.31. The zero-order valence-electron chi connectivity index (χ0n) is 19.5. The Morgan fingerprint density at radius 3 is 2.58 bits per heavy atom. The number of rotatable bonds is 12. The van der Waals surface area contributed by atoms with E-state index < -0.39 is 0 Å². The van der Waals surface area contributed by atoms with Crippen LogP contribution in [-0.2, 0) is 13.0 Å². The number of furan rings is 1. The van der Waals surface area contributed by atoms with Crippen molar-refractivity contribution < 1.29 is 14.1 Å². The maximum absolute atomic E-state index is 13.1. The van der Waals surface area contributed by atoms with Crippen LogP contribution in [0.4, 0.5) is 0 Å². The Morgan fingerprint density at radius 1 is 1.13 bits per heavy atom. The van der Waals surface area contributed by atoms with E-state index in [1.165, 1.54) is 5.56 Å². The Hall–Kier alpha value is -2.53. The van der Waals surface area contributed by atoms with Gasteiger partial charge in [0.25, 0.3) is 5.91 Å². The normalized spacial score (nSPS) is 12.5. The number of amides is 1. The van der Waals surface area contributed by atoms with Crippen molar-refractivity contribution in [1.82, 2.24) is 9.88 Å². The van der Waals surface area contributed by atoms with Gasteiger partial charge >= 0.3 is 0 Å². The number of nitrogens with zero attached hydrogens (tertiary/aromatic N) is 1. The Morgan fingerprint density at radius 2 is 1.87 bits per heavy atom. The molecule has 168 valence electrons. The third kappa shape index (κ3) is 6.23. The summed E-state index contributed by atoms with van der Waals surface area (Å²) in [7, 11) is 0. The highest BCUT2D eigenvalue weighted by Crippen LogP contribution is 2.24. The van der Waals surface area contributed by atoms with Crippen LogP contribution in [0, 0.1) is 6.92 Å². The van der Waals surface area contributed by atoms with Gasteiger partial charge in [-0.2, -0.15) is 0 Å². The summed E-state index contributed by atoms with van der Waals surface area (Å²) in [6, 6.07) is 14.6. The number of fused-ring (bicyclic) bond motifs is 1. The minimum Gasteiger partial charge on any atom is -0.460 e. The number of nitrogens with one attached hydrogen (secondary N) is 2. The molecule has 31 heavy (non-hydrogen) atoms. The minimum absolute atomic E-state index is 0.00792. The summed E-state index contributed by atoms with van der Waals surface area (Å²) in [6.45, 7) is 12.8. The number of quaternary nitrogens is 1. The fraction of sp³-hybridized carbons (Fsp3) is 0.500. The van der Waals surface area contributed by atoms with Crippen LogP contribution in [0.1, 0.15) is 61.8 Å². The molecule has 3 aromatic rings. The highest BCUT2D eigenvalue weighted by atomic mass is 16.3. The maximum atomic E-state index is 13.1. The van der Waals surface area contributed by atoms with E-state index in [1.807, 2.05) is 25.1 Å². The SMILES string of the molecule is CC[NH+](CC)CCC[C@H](C)NC(=O)c1cc2oc(C)cc2n1CCCc1ccccc1. The average Bonchev–Trinajstić information content (AvgIpc) is 3.28. The van der Waals surface area contributed by atoms with Gasteiger partial charge in [0.05, 0.1) is 25.2 Å². The number of carbonyl (C=O) groups excluding carboxylic acids is 1. The summed E-state index contributed by atoms with van der Waals surface area (Å²) >= 11 is 0. The summed E-state index contributed by atoms with van der Waals surface area (Å²) in [5.41, 5.74) is 3.82. The summed E-state index contributed by atoms with van der Waals surface area (Å²) in [5, 5.41) is 3.21. The van der Waals surface area contributed by atoms with Gasteiger partial charge in [-0.3, -0.25) is 4.79 Å². The summed E-state index contributed by atoms with van der Waals surface area (Å²) in [5.74, 6) is 0.868. The first-order valence-electron chi connectivity index (χ1n) is 11.8. The topological polar surface area (TPSA) is 51.6 Å². The van der Waals surface area contributed by atoms with Gasteiger partial charge in [0.15, 0.2) is 5.58 Å². The second-order valence-electron chi connectivity index (χ2n) is 8.60. The third-order valence-corrected chi connectivity index (χ3v) is 6.18. The Labute approximate surface area is 186 Å². The van der Waals surface area contributed by atoms with Crippen LogP contribution in [0.3, 0.4) is 0 Å². The largest absolute Gasteiger partial charge is 0.460 e. The second-order valence-corrected chi connectivity index (χ2v) is 8.60. The lowest BCUT2D eigenvalue weighted by Crippen LogP contribution is -3.11. The zero-order valence-corrected chi connectivity index (χ0v) is 19.5. The van der Waals surface area contributed by atoms with E-state index in [1.54, 1.807) is 4.90 Å². The van der Waals surface area contributed by atoms with Gasteiger partial charge in [-0.1, -0.05) is 30.3 Å². The van der Waals surface area contributed by atoms with Gasteiger partial charge in [0, 0.05) is 24.7 Å². The zero-order chi connectivity index (χ0) is 22.2. The minimum atomic E-state index is -0.00792. The Kier molecular flexibility index (Phi) is 8.35. The quantitative estimate of drug-likeness (QED) is 0.462. The molecule has 1 amide bonds. The van der Waals surface area contributed by atoms with E-state index in [4.69, 9.17) is 4.42 Å². The van der Waals surface area contributed by atoms with Gasteiger partial charge in [0.1, 0.15) is 11.5 Å². The van der Waals surface area contributed by atoms with E-state index >= 15 is 0 Å². The first-order chi connectivity index (χ1) is 15.0. The first-order valence-corrected chi connectivity index (χ1v) is 11.8. The van der Waals surface area contributed by atoms with Crippen LogP contribution in [0.25, 0.3) is 11.1 Å². The molecule has 1 atom stereocenters. The number of hydrogen-bond donors (Lipinski definition) is 2. The molecule has 2 aromatic heterocycles. The molecule has 1 aromatic carbocycles. The molecular formula is C26H38N3O2+. The van der Waals surface area contributed by atoms with Crippen molar-refractivity contribution in [1.29, 1.82) is 0 Å². The Balaban J connectivity index is 1.63. The fourth-order valence-corrected chi connectivity index (χ4v) is 4.31. The molecule has 0 aliphatic heterocycles. The van der Waals surface area contributed by atoms with Crippen molar-refractivity contribution in [2.75, 3.05) is 19.6 Å². The molecule has 0 aliphatic carbocycles. The van der Waals surface area contributed by atoms with Crippen molar-refractivity contribution in [3.63, 3.8) is 0 Å². The predicted octanol–water partition coefficient (Wildman–Crippen LogP) is 4.00. The highest BCUT2D eigenvalue weighted by molar-refractivity contribution is 5.97. The molecule has 0 aliphatic rings. The summed E-state index contributed by atoms with van der Waals surface area (Å²) < 4.78 is 7.94. The van der Waals surface area contributed by atoms with Crippen molar-refractivity contribution in [2.45, 2.75) is 66.0 Å². The lowest BCUT2D eigenvalue weighted by molar-refractivity contribution is -0.896. The van der Waals surface area contributed by atoms with Crippen LogP contribution in [0.15, 0.2) is 46.9 Å². The molecular weight excluding hydrogens is 386 g/mol. The second kappa shape index (κ2) is 11.2. The van der Waals surface area contributed by atoms with Crippen LogP contribution >= 0.6 is 0 Å². The molecule has 2 heterocycles. The van der Waals surface area contributed by atoms with E-state index in [9.17, 15) is 4.79 Å². The van der Waals surface area contributed by atoms with Crippen LogP contribution in [0.5, 0.6) is 0 Å². The van der Waals surface area contributed by atoms with Gasteiger partial charge in [-0.05, 0) is 58.9 Å². The van der Waals surface area contributed by atoms with Crippen LogP contribution in [-0.4, -0.2) is 36.2 Å². The monoisotopic (exact) mass is 424 g/mol. The molecule has 0 bridgehead atoms. The van der Waals surface area contributed by atoms with E-state index in [2.05, 4.69) is 54.9 Å². The van der Waals surface area contributed by atoms with Crippen LogP contribution in [0.2, 0.25) is 0 Å². The molecule has 0 fully saturated rings. The van der Waals surface area contributed by atoms with Crippen LogP contribution < -0.4 is 10.2 Å². The van der Waals surface area contributed by atoms with Crippen molar-refractivity contribution >= 4 is 17.0 Å². The van der Waals surface area contributed by atoms with Crippen molar-refractivity contribution in [3.05, 3.63) is 59.5 Å². The van der Waals surface area contributed by atoms with Gasteiger partial charge in [0.2, 0.25) is 0 Å². The molecule has 5 heteroatoms. The van der Waals surface area contributed by atoms with Gasteiger partial charge < -0.3 is 19.2 Å². The number of aryl methyl sites for hydroxylation is 3. The summed E-state index contributed by atoms with van der Waals surface area (Å²) in [6.07, 6.45) is 4.08. The van der Waals surface area contributed by atoms with E-state index in [0.717, 1.165) is 68.7 Å². The number of hydrogen-bond acceptors (Lipinski definition) is 2. The molecule has 3 rings (SSSR count). The molecule has 0 saturated carbocycles. The van der Waals surface area contributed by atoms with E-state index in [-0.39, 0.29) is 11.9 Å². The lowest BCUT2D eigenvalue weighted by Gasteiger charge is -2.18. The molecule has 5 nitrogen and oxygen atoms in total. The lowest BCUT2D eigenvalue weighted by atomic mass is 10.1. The third-order valence-electron chi connectivity index (χ3n) is 6.18. The maximum Gasteiger partial charge on any atom is 0.268 e. The molecule has 2 N–H and O–H groups in total. The number of benzene rings is 1. The first kappa shape index (κ1) is 23.1. The number of aromatic nitrogens is 1. The summed E-state index contributed by atoms with van der Waals surface area (Å²) in [4.78, 5) is 14.7. The smallest absolute Gasteiger partial charge is 0.268 e. The Bertz CT molecular complexity index is 954. The molecule has 0 spiro atoms. The standard InChI is InChI=1S/C26H37N3O2/c1-5-28(6-2)16-10-12-20(3)27-26(30)24-19-25-23(18-21(4)31-25)29(24)17-11-15-22-13-8-7-9-14-22/h7-9,13-14,18-20H,5-6,10-12,15-17H2,1-4H3,(H,27,30)/p+1/t20-/m0/s1. The van der Waals surface area contributed by atoms with E-state index in [0.29, 0.717) is 5.69 Å². The molecule has 0 radical (unpaired) electrons. The number of carbonyl (C=O) groups is 1. The van der Waals surface area contributed by atoms with Gasteiger partial charge in [-0.25, -0.2) is 0 Å². The molecule has 0 unspecified atom stereocenters. The predicted molar refractivity (Wildman–Crippen MR) is 127 cm³/mol.